The summed E-state index contributed by atoms with van der Waals surface area (Å²) < 4.78 is 22.5. The molecule has 4 aromatic rings. The quantitative estimate of drug-likeness (QED) is 0.312. The lowest BCUT2D eigenvalue weighted by molar-refractivity contribution is 0.121. The molecule has 0 bridgehead atoms. The lowest BCUT2D eigenvalue weighted by Gasteiger charge is -2.15. The second-order valence-electron chi connectivity index (χ2n) is 6.86. The van der Waals surface area contributed by atoms with E-state index in [9.17, 15) is 0 Å². The molecule has 0 saturated heterocycles. The minimum absolute atomic E-state index is 0.0976. The monoisotopic (exact) mass is 412 g/mol. The minimum Gasteiger partial charge on any atom is -0.497 e. The van der Waals surface area contributed by atoms with E-state index in [1.165, 1.54) is 0 Å². The summed E-state index contributed by atoms with van der Waals surface area (Å²) in [7, 11) is 3.32. The smallest absolute Gasteiger partial charge is 0.230 e. The van der Waals surface area contributed by atoms with E-state index in [1.807, 2.05) is 97.1 Å². The third kappa shape index (κ3) is 4.81. The molecule has 0 spiro atoms. The zero-order valence-corrected chi connectivity index (χ0v) is 17.6. The van der Waals surface area contributed by atoms with Crippen molar-refractivity contribution in [2.45, 2.75) is 0 Å². The molecule has 4 nitrogen and oxygen atoms in total. The van der Waals surface area contributed by atoms with E-state index in [1.54, 1.807) is 14.2 Å². The van der Waals surface area contributed by atoms with E-state index < -0.39 is 0 Å². The predicted molar refractivity (Wildman–Crippen MR) is 123 cm³/mol. The largest absolute Gasteiger partial charge is 0.497 e. The Hall–Kier alpha value is -3.92. The van der Waals surface area contributed by atoms with Crippen molar-refractivity contribution in [1.82, 2.24) is 0 Å². The molecule has 0 heterocycles. The molecular formula is C27H24O4. The van der Waals surface area contributed by atoms with Crippen molar-refractivity contribution in [1.29, 1.82) is 0 Å². The summed E-state index contributed by atoms with van der Waals surface area (Å²) >= 11 is 0. The maximum Gasteiger partial charge on any atom is 0.230 e. The van der Waals surface area contributed by atoms with Gasteiger partial charge in [0.05, 0.1) is 14.2 Å². The Labute approximate surface area is 182 Å². The van der Waals surface area contributed by atoms with Gasteiger partial charge >= 0.3 is 0 Å². The molecule has 4 rings (SSSR count). The van der Waals surface area contributed by atoms with Gasteiger partial charge in [-0.3, -0.25) is 0 Å². The Balaban J connectivity index is 1.49. The zero-order chi connectivity index (χ0) is 21.5. The fourth-order valence-electron chi connectivity index (χ4n) is 3.36. The average Bonchev–Trinajstić information content (AvgIpc) is 2.85. The molecule has 0 aromatic heterocycles. The minimum atomic E-state index is 0.0976. The summed E-state index contributed by atoms with van der Waals surface area (Å²) in [5, 5.41) is 0. The SMILES string of the molecule is COc1ccc(-c2ccccc2OCOc2ccccc2-c2ccc(OC)cc2)cc1. The summed E-state index contributed by atoms with van der Waals surface area (Å²) in [5.41, 5.74) is 4.10. The highest BCUT2D eigenvalue weighted by molar-refractivity contribution is 5.72. The predicted octanol–water partition coefficient (Wildman–Crippen LogP) is 6.45. The van der Waals surface area contributed by atoms with Crippen LogP contribution in [0.4, 0.5) is 0 Å². The summed E-state index contributed by atoms with van der Waals surface area (Å²) in [6.45, 7) is 0.0976. The topological polar surface area (TPSA) is 36.9 Å². The highest BCUT2D eigenvalue weighted by Crippen LogP contribution is 2.33. The number of benzene rings is 4. The second kappa shape index (κ2) is 9.72. The van der Waals surface area contributed by atoms with Gasteiger partial charge in [0.25, 0.3) is 0 Å². The molecule has 0 fully saturated rings. The molecule has 0 aliphatic carbocycles. The van der Waals surface area contributed by atoms with E-state index in [0.29, 0.717) is 0 Å². The lowest BCUT2D eigenvalue weighted by Crippen LogP contribution is -2.07. The van der Waals surface area contributed by atoms with Crippen LogP contribution in [0.3, 0.4) is 0 Å². The number of rotatable bonds is 8. The van der Waals surface area contributed by atoms with Gasteiger partial charge in [0.1, 0.15) is 23.0 Å². The number of hydrogen-bond acceptors (Lipinski definition) is 4. The van der Waals surface area contributed by atoms with Crippen molar-refractivity contribution in [3.8, 4) is 45.3 Å². The normalized spacial score (nSPS) is 10.4. The van der Waals surface area contributed by atoms with Crippen molar-refractivity contribution in [2.24, 2.45) is 0 Å². The standard InChI is InChI=1S/C27H24O4/c1-28-22-15-11-20(12-16-22)24-7-3-5-9-26(24)30-19-31-27-10-6-4-8-25(27)21-13-17-23(29-2)18-14-21/h3-18H,19H2,1-2H3. The van der Waals surface area contributed by atoms with Gasteiger partial charge in [0.2, 0.25) is 6.79 Å². The number of para-hydroxylation sites is 2. The third-order valence-electron chi connectivity index (χ3n) is 5.01. The number of hydrogen-bond donors (Lipinski definition) is 0. The van der Waals surface area contributed by atoms with Crippen LogP contribution in [0.5, 0.6) is 23.0 Å². The fourth-order valence-corrected chi connectivity index (χ4v) is 3.36. The first-order valence-electron chi connectivity index (χ1n) is 10.0. The Morgan fingerprint density at radius 1 is 0.484 bits per heavy atom. The van der Waals surface area contributed by atoms with Crippen LogP contribution >= 0.6 is 0 Å². The molecule has 0 saturated carbocycles. The Morgan fingerprint density at radius 3 is 1.26 bits per heavy atom. The third-order valence-corrected chi connectivity index (χ3v) is 5.01. The Morgan fingerprint density at radius 2 is 0.871 bits per heavy atom. The first-order valence-corrected chi connectivity index (χ1v) is 10.0. The number of ether oxygens (including phenoxy) is 4. The molecule has 0 unspecified atom stereocenters. The van der Waals surface area contributed by atoms with Gasteiger partial charge < -0.3 is 18.9 Å². The molecule has 4 aromatic carbocycles. The van der Waals surface area contributed by atoms with Crippen LogP contribution in [0.15, 0.2) is 97.1 Å². The lowest BCUT2D eigenvalue weighted by atomic mass is 10.0. The van der Waals surface area contributed by atoms with Crippen LogP contribution in [-0.2, 0) is 0 Å². The van der Waals surface area contributed by atoms with Crippen LogP contribution in [0.1, 0.15) is 0 Å². The van der Waals surface area contributed by atoms with Crippen LogP contribution in [0, 0.1) is 0 Å². The fraction of sp³-hybridized carbons (Fsp3) is 0.111. The molecule has 0 atom stereocenters. The summed E-state index contributed by atoms with van der Waals surface area (Å²) in [5.74, 6) is 3.16. The van der Waals surface area contributed by atoms with Crippen molar-refractivity contribution >= 4 is 0 Å². The first kappa shape index (κ1) is 20.4. The summed E-state index contributed by atoms with van der Waals surface area (Å²) in [6.07, 6.45) is 0. The van der Waals surface area contributed by atoms with Gasteiger partial charge in [0, 0.05) is 11.1 Å². The van der Waals surface area contributed by atoms with Crippen molar-refractivity contribution in [3.63, 3.8) is 0 Å². The van der Waals surface area contributed by atoms with Gasteiger partial charge in [0.15, 0.2) is 0 Å². The highest BCUT2D eigenvalue weighted by Gasteiger charge is 2.09. The van der Waals surface area contributed by atoms with Gasteiger partial charge in [-0.25, -0.2) is 0 Å². The second-order valence-corrected chi connectivity index (χ2v) is 6.86. The van der Waals surface area contributed by atoms with Gasteiger partial charge in [-0.05, 0) is 47.5 Å². The molecule has 0 aliphatic heterocycles. The van der Waals surface area contributed by atoms with Crippen molar-refractivity contribution < 1.29 is 18.9 Å². The summed E-state index contributed by atoms with van der Waals surface area (Å²) in [6, 6.07) is 31.6. The average molecular weight is 412 g/mol. The molecule has 0 radical (unpaired) electrons. The first-order chi connectivity index (χ1) is 15.3. The van der Waals surface area contributed by atoms with Crippen molar-refractivity contribution in [3.05, 3.63) is 97.1 Å². The van der Waals surface area contributed by atoms with E-state index in [0.717, 1.165) is 45.3 Å². The molecule has 156 valence electrons. The number of methoxy groups -OCH3 is 2. The van der Waals surface area contributed by atoms with E-state index in [-0.39, 0.29) is 6.79 Å². The van der Waals surface area contributed by atoms with E-state index in [4.69, 9.17) is 18.9 Å². The molecule has 0 aliphatic rings. The molecule has 0 amide bonds. The zero-order valence-electron chi connectivity index (χ0n) is 17.6. The van der Waals surface area contributed by atoms with Crippen LogP contribution in [0.25, 0.3) is 22.3 Å². The van der Waals surface area contributed by atoms with E-state index in [2.05, 4.69) is 0 Å². The van der Waals surface area contributed by atoms with E-state index >= 15 is 0 Å². The van der Waals surface area contributed by atoms with Crippen LogP contribution < -0.4 is 18.9 Å². The molecular weight excluding hydrogens is 388 g/mol. The van der Waals surface area contributed by atoms with Gasteiger partial charge in [-0.1, -0.05) is 60.7 Å². The molecule has 4 heteroatoms. The van der Waals surface area contributed by atoms with Gasteiger partial charge in [-0.15, -0.1) is 0 Å². The Kier molecular flexibility index (Phi) is 6.38. The maximum atomic E-state index is 6.01. The maximum absolute atomic E-state index is 6.01. The van der Waals surface area contributed by atoms with Crippen LogP contribution in [0.2, 0.25) is 0 Å². The van der Waals surface area contributed by atoms with Gasteiger partial charge in [-0.2, -0.15) is 0 Å². The summed E-state index contributed by atoms with van der Waals surface area (Å²) in [4.78, 5) is 0. The Bertz CT molecular complexity index is 1030. The van der Waals surface area contributed by atoms with Crippen molar-refractivity contribution in [2.75, 3.05) is 21.0 Å². The highest BCUT2D eigenvalue weighted by atomic mass is 16.7. The molecule has 0 N–H and O–H groups in total. The van der Waals surface area contributed by atoms with Crippen LogP contribution in [-0.4, -0.2) is 21.0 Å². The molecule has 31 heavy (non-hydrogen) atoms.